The lowest BCUT2D eigenvalue weighted by Crippen LogP contribution is -2.25. The van der Waals surface area contributed by atoms with Crippen molar-refractivity contribution in [3.05, 3.63) is 71.9 Å². The van der Waals surface area contributed by atoms with Crippen LogP contribution in [0.15, 0.2) is 55.0 Å². The molecule has 0 bridgehead atoms. The molecule has 0 saturated heterocycles. The summed E-state index contributed by atoms with van der Waals surface area (Å²) in [6, 6.07) is 9.25. The average molecular weight is 410 g/mol. The number of aliphatic hydroxyl groups excluding tert-OH is 1. The lowest BCUT2D eigenvalue weighted by Gasteiger charge is -2.17. The maximum Gasteiger partial charge on any atom is 0.251 e. The molecule has 0 aliphatic rings. The van der Waals surface area contributed by atoms with E-state index in [1.54, 1.807) is 42.9 Å². The van der Waals surface area contributed by atoms with Gasteiger partial charge in [0.2, 0.25) is 0 Å². The van der Waals surface area contributed by atoms with Crippen molar-refractivity contribution in [2.75, 3.05) is 23.8 Å². The van der Waals surface area contributed by atoms with Gasteiger partial charge >= 0.3 is 0 Å². The molecule has 30 heavy (non-hydrogen) atoms. The van der Waals surface area contributed by atoms with Gasteiger partial charge in [-0.3, -0.25) is 9.78 Å². The first kappa shape index (κ1) is 21.1. The number of carbonyl (C=O) groups excluding carboxylic acids is 1. The molecule has 156 valence electrons. The summed E-state index contributed by atoms with van der Waals surface area (Å²) >= 11 is 0. The second-order valence-corrected chi connectivity index (χ2v) is 6.59. The monoisotopic (exact) mass is 410 g/mol. The van der Waals surface area contributed by atoms with E-state index in [1.165, 1.54) is 12.1 Å². The molecule has 3 aromatic rings. The van der Waals surface area contributed by atoms with Crippen molar-refractivity contribution in [3.8, 4) is 0 Å². The molecule has 2 heterocycles. The summed E-state index contributed by atoms with van der Waals surface area (Å²) in [6.07, 6.45) is 5.11. The van der Waals surface area contributed by atoms with Crippen LogP contribution >= 0.6 is 0 Å². The predicted octanol–water partition coefficient (Wildman–Crippen LogP) is 3.04. The van der Waals surface area contributed by atoms with Crippen LogP contribution in [0.1, 0.15) is 35.3 Å². The number of benzene rings is 1. The van der Waals surface area contributed by atoms with Crippen LogP contribution in [0.3, 0.4) is 0 Å². The van der Waals surface area contributed by atoms with Crippen molar-refractivity contribution >= 4 is 23.4 Å². The van der Waals surface area contributed by atoms with Crippen LogP contribution in [0.4, 0.5) is 21.8 Å². The quantitative estimate of drug-likeness (QED) is 0.401. The molecule has 0 radical (unpaired) electrons. The minimum Gasteiger partial charge on any atom is -0.396 e. The second kappa shape index (κ2) is 10.3. The largest absolute Gasteiger partial charge is 0.396 e. The molecule has 0 saturated carbocycles. The van der Waals surface area contributed by atoms with Crippen LogP contribution in [-0.4, -0.2) is 39.1 Å². The highest BCUT2D eigenvalue weighted by Gasteiger charge is 2.13. The zero-order chi connectivity index (χ0) is 21.3. The lowest BCUT2D eigenvalue weighted by molar-refractivity contribution is 0.0951. The topological polar surface area (TPSA) is 112 Å². The number of halogens is 1. The first-order chi connectivity index (χ1) is 14.5. The van der Waals surface area contributed by atoms with E-state index in [1.807, 2.05) is 6.92 Å². The van der Waals surface area contributed by atoms with Gasteiger partial charge in [-0.15, -0.1) is 0 Å². The molecule has 0 spiro atoms. The van der Waals surface area contributed by atoms with E-state index in [0.29, 0.717) is 36.0 Å². The predicted molar refractivity (Wildman–Crippen MR) is 112 cm³/mol. The zero-order valence-electron chi connectivity index (χ0n) is 16.5. The van der Waals surface area contributed by atoms with Crippen molar-refractivity contribution in [2.45, 2.75) is 19.4 Å². The molecule has 0 aliphatic carbocycles. The normalized spacial score (nSPS) is 11.6. The van der Waals surface area contributed by atoms with Crippen LogP contribution in [-0.2, 0) is 0 Å². The van der Waals surface area contributed by atoms with Crippen molar-refractivity contribution in [1.82, 2.24) is 20.3 Å². The summed E-state index contributed by atoms with van der Waals surface area (Å²) < 4.78 is 13.2. The standard InChI is InChI=1S/C21H23FN6O2/c1-14(15-3-5-17(22)6-4-15)26-18-11-16(21(30)25-7-2-10-29)12-19(27-18)28-20-13-23-8-9-24-20/h3-6,8-9,11-14,29H,2,7,10H2,1H3,(H,25,30)(H2,24,26,27,28). The molecule has 3 rings (SSSR count). The van der Waals surface area contributed by atoms with Crippen LogP contribution in [0.25, 0.3) is 0 Å². The molecule has 4 N–H and O–H groups in total. The third-order valence-corrected chi connectivity index (χ3v) is 4.26. The van der Waals surface area contributed by atoms with E-state index < -0.39 is 0 Å². The maximum atomic E-state index is 13.2. The van der Waals surface area contributed by atoms with E-state index in [-0.39, 0.29) is 24.4 Å². The molecule has 0 fully saturated rings. The van der Waals surface area contributed by atoms with Crippen LogP contribution < -0.4 is 16.0 Å². The summed E-state index contributed by atoms with van der Waals surface area (Å²) in [5, 5.41) is 17.9. The van der Waals surface area contributed by atoms with Crippen molar-refractivity contribution in [3.63, 3.8) is 0 Å². The van der Waals surface area contributed by atoms with Gasteiger partial charge in [-0.05, 0) is 43.2 Å². The number of aromatic nitrogens is 3. The van der Waals surface area contributed by atoms with E-state index in [0.717, 1.165) is 5.56 Å². The summed E-state index contributed by atoms with van der Waals surface area (Å²) in [4.78, 5) is 25.2. The van der Waals surface area contributed by atoms with Gasteiger partial charge in [-0.1, -0.05) is 12.1 Å². The third-order valence-electron chi connectivity index (χ3n) is 4.26. The summed E-state index contributed by atoms with van der Waals surface area (Å²) in [7, 11) is 0. The van der Waals surface area contributed by atoms with E-state index in [4.69, 9.17) is 5.11 Å². The van der Waals surface area contributed by atoms with Gasteiger partial charge in [0.15, 0.2) is 0 Å². The number of hydrogen-bond acceptors (Lipinski definition) is 7. The number of amides is 1. The molecular weight excluding hydrogens is 387 g/mol. The highest BCUT2D eigenvalue weighted by atomic mass is 19.1. The van der Waals surface area contributed by atoms with E-state index in [2.05, 4.69) is 30.9 Å². The van der Waals surface area contributed by atoms with Crippen LogP contribution in [0.5, 0.6) is 0 Å². The Morgan fingerprint density at radius 3 is 2.60 bits per heavy atom. The van der Waals surface area contributed by atoms with Crippen molar-refractivity contribution in [1.29, 1.82) is 0 Å². The minimum atomic E-state index is -0.305. The van der Waals surface area contributed by atoms with Crippen LogP contribution in [0.2, 0.25) is 0 Å². The number of hydrogen-bond donors (Lipinski definition) is 4. The number of nitrogens with zero attached hydrogens (tertiary/aromatic N) is 3. The number of rotatable bonds is 9. The Hall–Kier alpha value is -3.59. The highest BCUT2D eigenvalue weighted by Crippen LogP contribution is 2.22. The van der Waals surface area contributed by atoms with Crippen molar-refractivity contribution < 1.29 is 14.3 Å². The fourth-order valence-electron chi connectivity index (χ4n) is 2.73. The van der Waals surface area contributed by atoms with Gasteiger partial charge in [0.05, 0.1) is 6.20 Å². The van der Waals surface area contributed by atoms with Gasteiger partial charge in [0.1, 0.15) is 23.3 Å². The Morgan fingerprint density at radius 2 is 1.90 bits per heavy atom. The highest BCUT2D eigenvalue weighted by molar-refractivity contribution is 5.95. The van der Waals surface area contributed by atoms with E-state index in [9.17, 15) is 9.18 Å². The third kappa shape index (κ3) is 5.95. The Kier molecular flexibility index (Phi) is 7.23. The smallest absolute Gasteiger partial charge is 0.251 e. The summed E-state index contributed by atoms with van der Waals surface area (Å²) in [6.45, 7) is 2.27. The fourth-order valence-corrected chi connectivity index (χ4v) is 2.73. The molecule has 9 heteroatoms. The maximum absolute atomic E-state index is 13.2. The summed E-state index contributed by atoms with van der Waals surface area (Å²) in [5.74, 6) is 0.777. The molecule has 8 nitrogen and oxygen atoms in total. The molecule has 1 amide bonds. The lowest BCUT2D eigenvalue weighted by atomic mass is 10.1. The zero-order valence-corrected chi connectivity index (χ0v) is 16.5. The SMILES string of the molecule is CC(Nc1cc(C(=O)NCCCO)cc(Nc2cnccn2)n1)c1ccc(F)cc1. The Bertz CT molecular complexity index is 969. The number of nitrogens with one attached hydrogen (secondary N) is 3. The van der Waals surface area contributed by atoms with Crippen LogP contribution in [0, 0.1) is 5.82 Å². The first-order valence-corrected chi connectivity index (χ1v) is 9.51. The Balaban J connectivity index is 1.84. The first-order valence-electron chi connectivity index (χ1n) is 9.51. The molecule has 1 atom stereocenters. The molecule has 1 aromatic carbocycles. The van der Waals surface area contributed by atoms with Gasteiger partial charge in [0.25, 0.3) is 5.91 Å². The molecular formula is C21H23FN6O2. The van der Waals surface area contributed by atoms with E-state index >= 15 is 0 Å². The van der Waals surface area contributed by atoms with Crippen molar-refractivity contribution in [2.24, 2.45) is 0 Å². The molecule has 2 aromatic heterocycles. The van der Waals surface area contributed by atoms with Gasteiger partial charge < -0.3 is 21.1 Å². The molecule has 1 unspecified atom stereocenters. The second-order valence-electron chi connectivity index (χ2n) is 6.59. The minimum absolute atomic E-state index is 0.00189. The molecule has 0 aliphatic heterocycles. The van der Waals surface area contributed by atoms with Gasteiger partial charge in [0, 0.05) is 37.2 Å². The van der Waals surface area contributed by atoms with Gasteiger partial charge in [-0.25, -0.2) is 14.4 Å². The number of anilines is 3. The Morgan fingerprint density at radius 1 is 1.13 bits per heavy atom. The summed E-state index contributed by atoms with van der Waals surface area (Å²) in [5.41, 5.74) is 1.27. The fraction of sp³-hybridized carbons (Fsp3) is 0.238. The number of carbonyl (C=O) groups is 1. The number of aliphatic hydroxyl groups is 1. The van der Waals surface area contributed by atoms with Gasteiger partial charge in [-0.2, -0.15) is 0 Å². The average Bonchev–Trinajstić information content (AvgIpc) is 2.75. The number of pyridine rings is 1. The Labute approximate surface area is 173 Å².